The van der Waals surface area contributed by atoms with Crippen LogP contribution in [-0.2, 0) is 13.2 Å². The van der Waals surface area contributed by atoms with E-state index in [2.05, 4.69) is 0 Å². The Labute approximate surface area is 152 Å². The van der Waals surface area contributed by atoms with Gasteiger partial charge >= 0.3 is 0 Å². The molecule has 1 heterocycles. The summed E-state index contributed by atoms with van der Waals surface area (Å²) >= 11 is 0. The molecule has 0 bridgehead atoms. The molecule has 1 aliphatic heterocycles. The van der Waals surface area contributed by atoms with Crippen molar-refractivity contribution in [3.05, 3.63) is 77.9 Å². The predicted molar refractivity (Wildman–Crippen MR) is 99.6 cm³/mol. The Morgan fingerprint density at radius 1 is 0.808 bits per heavy atom. The van der Waals surface area contributed by atoms with Gasteiger partial charge in [0.15, 0.2) is 11.5 Å². The summed E-state index contributed by atoms with van der Waals surface area (Å²) in [5.41, 5.74) is 3.87. The lowest BCUT2D eigenvalue weighted by molar-refractivity contribution is 0.171. The van der Waals surface area contributed by atoms with Crippen LogP contribution in [0.4, 0.5) is 0 Å². The van der Waals surface area contributed by atoms with E-state index in [0.29, 0.717) is 25.6 Å². The minimum atomic E-state index is -0.0639. The molecule has 0 saturated carbocycles. The summed E-state index contributed by atoms with van der Waals surface area (Å²) in [6.45, 7) is 1.53. The molecular weight excluding hydrogens is 328 g/mol. The third kappa shape index (κ3) is 3.51. The van der Waals surface area contributed by atoms with E-state index in [1.165, 1.54) is 0 Å². The van der Waals surface area contributed by atoms with Gasteiger partial charge < -0.3 is 19.3 Å². The third-order valence-electron chi connectivity index (χ3n) is 4.35. The molecule has 0 unspecified atom stereocenters. The first-order chi connectivity index (χ1) is 12.8. The molecule has 4 nitrogen and oxygen atoms in total. The van der Waals surface area contributed by atoms with Crippen molar-refractivity contribution in [2.24, 2.45) is 0 Å². The van der Waals surface area contributed by atoms with Gasteiger partial charge in [0.05, 0.1) is 6.61 Å². The molecule has 132 valence electrons. The smallest absolute Gasteiger partial charge is 0.161 e. The van der Waals surface area contributed by atoms with Crippen molar-refractivity contribution in [3.8, 4) is 28.4 Å². The van der Waals surface area contributed by atoms with Crippen LogP contribution in [0, 0.1) is 0 Å². The number of aliphatic hydroxyl groups is 1. The van der Waals surface area contributed by atoms with Gasteiger partial charge in [0.1, 0.15) is 25.6 Å². The van der Waals surface area contributed by atoms with Crippen molar-refractivity contribution in [1.29, 1.82) is 0 Å². The third-order valence-corrected chi connectivity index (χ3v) is 4.35. The molecule has 4 heteroatoms. The van der Waals surface area contributed by atoms with Gasteiger partial charge in [0, 0.05) is 5.56 Å². The number of ether oxygens (including phenoxy) is 3. The van der Waals surface area contributed by atoms with Crippen LogP contribution in [0.25, 0.3) is 11.1 Å². The SMILES string of the molecule is OCc1ccc(-c2ccc3c(c2)OCCO3)cc1OCc1ccccc1. The zero-order valence-corrected chi connectivity index (χ0v) is 14.4. The Morgan fingerprint density at radius 3 is 2.35 bits per heavy atom. The monoisotopic (exact) mass is 348 g/mol. The van der Waals surface area contributed by atoms with E-state index in [1.54, 1.807) is 0 Å². The van der Waals surface area contributed by atoms with E-state index in [-0.39, 0.29) is 6.61 Å². The van der Waals surface area contributed by atoms with E-state index < -0.39 is 0 Å². The Bertz CT molecular complexity index is 890. The van der Waals surface area contributed by atoms with Crippen LogP contribution >= 0.6 is 0 Å². The summed E-state index contributed by atoms with van der Waals surface area (Å²) in [6.07, 6.45) is 0. The highest BCUT2D eigenvalue weighted by Crippen LogP contribution is 2.36. The summed E-state index contributed by atoms with van der Waals surface area (Å²) in [6, 6.07) is 21.7. The standard InChI is InChI=1S/C22H20O4/c23-14-19-7-6-17(12-21(19)26-15-16-4-2-1-3-5-16)18-8-9-20-22(13-18)25-11-10-24-20/h1-9,12-13,23H,10-11,14-15H2. The molecule has 0 aliphatic carbocycles. The lowest BCUT2D eigenvalue weighted by Gasteiger charge is -2.19. The second-order valence-corrected chi connectivity index (χ2v) is 6.11. The Kier molecular flexibility index (Phi) is 4.75. The molecule has 0 fully saturated rings. The quantitative estimate of drug-likeness (QED) is 0.751. The number of benzene rings is 3. The first-order valence-electron chi connectivity index (χ1n) is 8.64. The fourth-order valence-electron chi connectivity index (χ4n) is 2.96. The lowest BCUT2D eigenvalue weighted by atomic mass is 10.0. The molecule has 3 aromatic carbocycles. The van der Waals surface area contributed by atoms with E-state index >= 15 is 0 Å². The van der Waals surface area contributed by atoms with Gasteiger partial charge in [-0.1, -0.05) is 48.5 Å². The fourth-order valence-corrected chi connectivity index (χ4v) is 2.96. The van der Waals surface area contributed by atoms with Crippen molar-refractivity contribution in [2.45, 2.75) is 13.2 Å². The van der Waals surface area contributed by atoms with Crippen molar-refractivity contribution in [3.63, 3.8) is 0 Å². The highest BCUT2D eigenvalue weighted by atomic mass is 16.6. The molecule has 0 amide bonds. The van der Waals surface area contributed by atoms with Crippen LogP contribution in [0.3, 0.4) is 0 Å². The minimum absolute atomic E-state index is 0.0639. The summed E-state index contributed by atoms with van der Waals surface area (Å²) in [5, 5.41) is 9.62. The number of hydrogen-bond acceptors (Lipinski definition) is 4. The summed E-state index contributed by atoms with van der Waals surface area (Å²) in [4.78, 5) is 0. The number of rotatable bonds is 5. The van der Waals surface area contributed by atoms with E-state index in [0.717, 1.165) is 33.8 Å². The first kappa shape index (κ1) is 16.5. The van der Waals surface area contributed by atoms with Crippen LogP contribution in [0.15, 0.2) is 66.7 Å². The molecule has 3 aromatic rings. The molecule has 26 heavy (non-hydrogen) atoms. The molecule has 1 aliphatic rings. The highest BCUT2D eigenvalue weighted by molar-refractivity contribution is 5.69. The maximum atomic E-state index is 9.62. The molecule has 0 spiro atoms. The van der Waals surface area contributed by atoms with Crippen LogP contribution in [0.5, 0.6) is 17.2 Å². The van der Waals surface area contributed by atoms with Crippen LogP contribution in [0.2, 0.25) is 0 Å². The van der Waals surface area contributed by atoms with Gasteiger partial charge in [-0.25, -0.2) is 0 Å². The van der Waals surface area contributed by atoms with Gasteiger partial charge in [-0.2, -0.15) is 0 Å². The predicted octanol–water partition coefficient (Wildman–Crippen LogP) is 4.20. The van der Waals surface area contributed by atoms with Gasteiger partial charge in [0.25, 0.3) is 0 Å². The molecule has 0 aromatic heterocycles. The number of aliphatic hydroxyl groups excluding tert-OH is 1. The van der Waals surface area contributed by atoms with Gasteiger partial charge in [-0.05, 0) is 34.9 Å². The van der Waals surface area contributed by atoms with Gasteiger partial charge in [-0.3, -0.25) is 0 Å². The van der Waals surface area contributed by atoms with Crippen molar-refractivity contribution >= 4 is 0 Å². The second-order valence-electron chi connectivity index (χ2n) is 6.11. The van der Waals surface area contributed by atoms with Crippen molar-refractivity contribution < 1.29 is 19.3 Å². The number of fused-ring (bicyclic) bond motifs is 1. The molecular formula is C22H20O4. The summed E-state index contributed by atoms with van der Waals surface area (Å²) in [7, 11) is 0. The summed E-state index contributed by atoms with van der Waals surface area (Å²) < 4.78 is 17.2. The maximum absolute atomic E-state index is 9.62. The first-order valence-corrected chi connectivity index (χ1v) is 8.64. The van der Waals surface area contributed by atoms with Gasteiger partial charge in [0.2, 0.25) is 0 Å². The van der Waals surface area contributed by atoms with E-state index in [4.69, 9.17) is 14.2 Å². The lowest BCUT2D eigenvalue weighted by Crippen LogP contribution is -2.15. The zero-order chi connectivity index (χ0) is 17.8. The van der Waals surface area contributed by atoms with Gasteiger partial charge in [-0.15, -0.1) is 0 Å². The highest BCUT2D eigenvalue weighted by Gasteiger charge is 2.13. The van der Waals surface area contributed by atoms with Crippen LogP contribution in [0.1, 0.15) is 11.1 Å². The molecule has 0 atom stereocenters. The number of hydrogen-bond donors (Lipinski definition) is 1. The van der Waals surface area contributed by atoms with E-state index in [1.807, 2.05) is 66.7 Å². The fraction of sp³-hybridized carbons (Fsp3) is 0.182. The molecule has 1 N–H and O–H groups in total. The van der Waals surface area contributed by atoms with Crippen molar-refractivity contribution in [1.82, 2.24) is 0 Å². The van der Waals surface area contributed by atoms with Crippen LogP contribution < -0.4 is 14.2 Å². The molecule has 0 radical (unpaired) electrons. The average Bonchev–Trinajstić information content (AvgIpc) is 2.72. The topological polar surface area (TPSA) is 47.9 Å². The second kappa shape index (κ2) is 7.50. The minimum Gasteiger partial charge on any atom is -0.489 e. The normalized spacial score (nSPS) is 12.7. The Balaban J connectivity index is 1.61. The molecule has 4 rings (SSSR count). The van der Waals surface area contributed by atoms with Crippen molar-refractivity contribution in [2.75, 3.05) is 13.2 Å². The molecule has 0 saturated heterocycles. The Hall–Kier alpha value is -2.98. The maximum Gasteiger partial charge on any atom is 0.161 e. The Morgan fingerprint density at radius 2 is 1.54 bits per heavy atom. The average molecular weight is 348 g/mol. The van der Waals surface area contributed by atoms with Crippen LogP contribution in [-0.4, -0.2) is 18.3 Å². The largest absolute Gasteiger partial charge is 0.489 e. The zero-order valence-electron chi connectivity index (χ0n) is 14.4. The summed E-state index contributed by atoms with van der Waals surface area (Å²) in [5.74, 6) is 2.21. The van der Waals surface area contributed by atoms with E-state index in [9.17, 15) is 5.11 Å².